The summed E-state index contributed by atoms with van der Waals surface area (Å²) in [6, 6.07) is 14.8. The summed E-state index contributed by atoms with van der Waals surface area (Å²) in [5.74, 6) is -2.08. The number of carbonyl (C=O) groups is 3. The molecule has 0 aliphatic heterocycles. The van der Waals surface area contributed by atoms with Gasteiger partial charge in [-0.15, -0.1) is 0 Å². The number of rotatable bonds is 6. The van der Waals surface area contributed by atoms with Gasteiger partial charge >= 0.3 is 5.97 Å². The number of carbonyl (C=O) groups excluding carboxylic acids is 2. The number of hydrogen-bond acceptors (Lipinski definition) is 3. The minimum atomic E-state index is -1.12. The molecule has 0 spiro atoms. The highest BCUT2D eigenvalue weighted by molar-refractivity contribution is 5.98. The van der Waals surface area contributed by atoms with E-state index in [4.69, 9.17) is 5.11 Å². The van der Waals surface area contributed by atoms with Crippen molar-refractivity contribution in [2.24, 2.45) is 5.92 Å². The Balaban J connectivity index is 1.80. The molecule has 2 unspecified atom stereocenters. The van der Waals surface area contributed by atoms with Gasteiger partial charge in [-0.1, -0.05) is 42.5 Å². The van der Waals surface area contributed by atoms with Crippen molar-refractivity contribution >= 4 is 17.8 Å². The molecule has 2 aromatic carbocycles. The maximum atomic E-state index is 12.8. The van der Waals surface area contributed by atoms with Crippen LogP contribution < -0.4 is 10.6 Å². The molecule has 0 radical (unpaired) electrons. The van der Waals surface area contributed by atoms with Crippen LogP contribution in [0.1, 0.15) is 28.4 Å². The molecule has 27 heavy (non-hydrogen) atoms. The molecule has 2 aromatic rings. The van der Waals surface area contributed by atoms with Gasteiger partial charge in [-0.25, -0.2) is 0 Å². The van der Waals surface area contributed by atoms with Gasteiger partial charge in [0, 0.05) is 5.56 Å². The highest BCUT2D eigenvalue weighted by Crippen LogP contribution is 2.29. The normalized spacial score (nSPS) is 15.4. The second kappa shape index (κ2) is 8.03. The van der Waals surface area contributed by atoms with E-state index in [1.807, 2.05) is 30.3 Å². The van der Waals surface area contributed by atoms with E-state index in [9.17, 15) is 14.4 Å². The first-order valence-electron chi connectivity index (χ1n) is 8.91. The number of nitrogens with one attached hydrogen (secondary N) is 2. The van der Waals surface area contributed by atoms with Gasteiger partial charge in [-0.3, -0.25) is 14.4 Å². The van der Waals surface area contributed by atoms with Gasteiger partial charge in [0.15, 0.2) is 0 Å². The zero-order valence-electron chi connectivity index (χ0n) is 15.0. The van der Waals surface area contributed by atoms with Crippen LogP contribution in [0.15, 0.2) is 54.6 Å². The van der Waals surface area contributed by atoms with E-state index in [0.717, 1.165) is 11.1 Å². The zero-order chi connectivity index (χ0) is 19.4. The highest BCUT2D eigenvalue weighted by atomic mass is 16.4. The van der Waals surface area contributed by atoms with Crippen LogP contribution in [0, 0.1) is 5.92 Å². The van der Waals surface area contributed by atoms with Crippen molar-refractivity contribution < 1.29 is 19.5 Å². The van der Waals surface area contributed by atoms with Gasteiger partial charge in [0.25, 0.3) is 5.91 Å². The van der Waals surface area contributed by atoms with E-state index in [-0.39, 0.29) is 11.8 Å². The summed E-state index contributed by atoms with van der Waals surface area (Å²) in [7, 11) is 0. The standard InChI is InChI=1S/C21H22N2O4/c1-13(21(26)27)22-20(25)18(23-19(24)14-7-3-2-4-8-14)17-11-15-9-5-6-10-16(15)12-17/h2-10,13,17-18H,11-12H2,1H3,(H,22,25)(H,23,24)(H,26,27). The van der Waals surface area contributed by atoms with E-state index >= 15 is 0 Å². The zero-order valence-corrected chi connectivity index (χ0v) is 15.0. The summed E-state index contributed by atoms with van der Waals surface area (Å²) >= 11 is 0. The minimum Gasteiger partial charge on any atom is -0.480 e. The Kier molecular flexibility index (Phi) is 5.54. The first-order chi connectivity index (χ1) is 13.0. The first kappa shape index (κ1) is 18.6. The predicted molar refractivity (Wildman–Crippen MR) is 100 cm³/mol. The minimum absolute atomic E-state index is 0.129. The summed E-state index contributed by atoms with van der Waals surface area (Å²) in [4.78, 5) is 36.5. The van der Waals surface area contributed by atoms with Gasteiger partial charge in [0.05, 0.1) is 0 Å². The fourth-order valence-electron chi connectivity index (χ4n) is 3.41. The third-order valence-electron chi connectivity index (χ3n) is 4.89. The Hall–Kier alpha value is -3.15. The average molecular weight is 366 g/mol. The smallest absolute Gasteiger partial charge is 0.325 e. The molecule has 2 atom stereocenters. The van der Waals surface area contributed by atoms with Crippen molar-refractivity contribution in [3.05, 3.63) is 71.3 Å². The first-order valence-corrected chi connectivity index (χ1v) is 8.91. The molecule has 1 aliphatic carbocycles. The summed E-state index contributed by atoms with van der Waals surface area (Å²) in [6.07, 6.45) is 1.32. The van der Waals surface area contributed by atoms with Crippen LogP contribution in [0.3, 0.4) is 0 Å². The molecule has 6 nitrogen and oxygen atoms in total. The third kappa shape index (κ3) is 4.34. The lowest BCUT2D eigenvalue weighted by Gasteiger charge is -2.25. The molecule has 0 aromatic heterocycles. The molecule has 6 heteroatoms. The fourth-order valence-corrected chi connectivity index (χ4v) is 3.41. The molecule has 3 N–H and O–H groups in total. The third-order valence-corrected chi connectivity index (χ3v) is 4.89. The Morgan fingerprint density at radius 1 is 0.926 bits per heavy atom. The average Bonchev–Trinajstić information content (AvgIpc) is 3.10. The Morgan fingerprint density at radius 3 is 2.04 bits per heavy atom. The number of aliphatic carboxylic acids is 1. The van der Waals surface area contributed by atoms with Crippen LogP contribution in [0.25, 0.3) is 0 Å². The number of fused-ring (bicyclic) bond motifs is 1. The van der Waals surface area contributed by atoms with Crippen molar-refractivity contribution in [1.29, 1.82) is 0 Å². The van der Waals surface area contributed by atoms with Gasteiger partial charge < -0.3 is 15.7 Å². The number of carboxylic acid groups (broad SMARTS) is 1. The summed E-state index contributed by atoms with van der Waals surface area (Å²) in [6.45, 7) is 1.40. The molecular weight excluding hydrogens is 344 g/mol. The lowest BCUT2D eigenvalue weighted by Crippen LogP contribution is -2.54. The monoisotopic (exact) mass is 366 g/mol. The van der Waals surface area contributed by atoms with E-state index in [2.05, 4.69) is 10.6 Å². The number of carboxylic acids is 1. The van der Waals surface area contributed by atoms with Crippen LogP contribution in [0.4, 0.5) is 0 Å². The predicted octanol–water partition coefficient (Wildman–Crippen LogP) is 1.79. The second-order valence-electron chi connectivity index (χ2n) is 6.82. The molecule has 3 rings (SSSR count). The summed E-state index contributed by atoms with van der Waals surface area (Å²) in [5, 5.41) is 14.4. The van der Waals surface area contributed by atoms with Crippen LogP contribution in [-0.2, 0) is 22.4 Å². The number of benzene rings is 2. The van der Waals surface area contributed by atoms with Crippen molar-refractivity contribution in [1.82, 2.24) is 10.6 Å². The topological polar surface area (TPSA) is 95.5 Å². The number of amides is 2. The van der Waals surface area contributed by atoms with Gasteiger partial charge in [-0.2, -0.15) is 0 Å². The van der Waals surface area contributed by atoms with Crippen molar-refractivity contribution in [2.75, 3.05) is 0 Å². The van der Waals surface area contributed by atoms with Crippen molar-refractivity contribution in [3.8, 4) is 0 Å². The van der Waals surface area contributed by atoms with Gasteiger partial charge in [0.2, 0.25) is 5.91 Å². The fraction of sp³-hybridized carbons (Fsp3) is 0.286. The van der Waals surface area contributed by atoms with E-state index in [1.165, 1.54) is 6.92 Å². The molecule has 140 valence electrons. The van der Waals surface area contributed by atoms with Crippen molar-refractivity contribution in [2.45, 2.75) is 31.8 Å². The quantitative estimate of drug-likeness (QED) is 0.726. The molecule has 0 saturated heterocycles. The lowest BCUT2D eigenvalue weighted by atomic mass is 9.95. The molecule has 2 amide bonds. The largest absolute Gasteiger partial charge is 0.480 e. The van der Waals surface area contributed by atoms with Crippen LogP contribution in [0.5, 0.6) is 0 Å². The Morgan fingerprint density at radius 2 is 1.48 bits per heavy atom. The second-order valence-corrected chi connectivity index (χ2v) is 6.82. The summed E-state index contributed by atoms with van der Waals surface area (Å²) in [5.41, 5.74) is 2.76. The SMILES string of the molecule is CC(NC(=O)C(NC(=O)c1ccccc1)C1Cc2ccccc2C1)C(=O)O. The van der Waals surface area contributed by atoms with E-state index < -0.39 is 24.0 Å². The van der Waals surface area contributed by atoms with Gasteiger partial charge in [0.1, 0.15) is 12.1 Å². The highest BCUT2D eigenvalue weighted by Gasteiger charge is 2.35. The maximum Gasteiger partial charge on any atom is 0.325 e. The maximum absolute atomic E-state index is 12.8. The molecular formula is C21H22N2O4. The van der Waals surface area contributed by atoms with Gasteiger partial charge in [-0.05, 0) is 48.9 Å². The molecule has 0 heterocycles. The Labute approximate surface area is 157 Å². The molecule has 0 saturated carbocycles. The van der Waals surface area contributed by atoms with E-state index in [0.29, 0.717) is 18.4 Å². The molecule has 0 bridgehead atoms. The molecule has 0 fully saturated rings. The Bertz CT molecular complexity index is 825. The number of hydrogen-bond donors (Lipinski definition) is 3. The van der Waals surface area contributed by atoms with Crippen LogP contribution >= 0.6 is 0 Å². The van der Waals surface area contributed by atoms with Crippen molar-refractivity contribution in [3.63, 3.8) is 0 Å². The van der Waals surface area contributed by atoms with E-state index in [1.54, 1.807) is 24.3 Å². The molecule has 1 aliphatic rings. The summed E-state index contributed by atoms with van der Waals surface area (Å²) < 4.78 is 0. The lowest BCUT2D eigenvalue weighted by molar-refractivity contribution is -0.141. The van der Waals surface area contributed by atoms with Crippen LogP contribution in [-0.4, -0.2) is 35.0 Å². The van der Waals surface area contributed by atoms with Crippen LogP contribution in [0.2, 0.25) is 0 Å².